The van der Waals surface area contributed by atoms with Crippen molar-refractivity contribution < 1.29 is 50.5 Å². The molecule has 0 aliphatic rings. The number of carboxylic acids is 1. The molecule has 4 N–H and O–H groups in total. The van der Waals surface area contributed by atoms with E-state index in [1.165, 1.54) is 25.7 Å². The van der Waals surface area contributed by atoms with E-state index in [-0.39, 0.29) is 49.7 Å². The van der Waals surface area contributed by atoms with Gasteiger partial charge in [0.15, 0.2) is 0 Å². The van der Waals surface area contributed by atoms with Crippen molar-refractivity contribution in [3.8, 4) is 0 Å². The summed E-state index contributed by atoms with van der Waals surface area (Å²) < 4.78 is 0. The number of nitrogens with two attached hydrogens (primary N) is 1. The Labute approximate surface area is 156 Å². The van der Waals surface area contributed by atoms with Crippen molar-refractivity contribution in [1.29, 1.82) is 0 Å². The van der Waals surface area contributed by atoms with Gasteiger partial charge in [-0.1, -0.05) is 45.4 Å². The monoisotopic (exact) mass is 324 g/mol. The molecule has 1 atom stereocenters. The molecule has 1 unspecified atom stereocenters. The Morgan fingerprint density at radius 1 is 1.05 bits per heavy atom. The van der Waals surface area contributed by atoms with Crippen LogP contribution in [0.25, 0.3) is 0 Å². The molecule has 2 amide bonds. The summed E-state index contributed by atoms with van der Waals surface area (Å²) in [5.74, 6) is -1.98. The minimum Gasteiger partial charge on any atom is -1.00 e. The first-order chi connectivity index (χ1) is 9.97. The molecular formula is C15H29N2NaO4. The van der Waals surface area contributed by atoms with Crippen LogP contribution < -0.4 is 40.6 Å². The molecule has 0 aliphatic heterocycles. The first-order valence-electron chi connectivity index (χ1n) is 7.77. The summed E-state index contributed by atoms with van der Waals surface area (Å²) in [6.45, 7) is 2.17. The zero-order chi connectivity index (χ0) is 16.1. The van der Waals surface area contributed by atoms with E-state index in [0.717, 1.165) is 19.3 Å². The predicted octanol–water partition coefficient (Wildman–Crippen LogP) is -0.921. The van der Waals surface area contributed by atoms with Crippen molar-refractivity contribution in [2.45, 2.75) is 77.2 Å². The average molecular weight is 324 g/mol. The number of hydrogen-bond donors (Lipinski definition) is 3. The molecule has 124 valence electrons. The third-order valence-electron chi connectivity index (χ3n) is 3.32. The van der Waals surface area contributed by atoms with Crippen LogP contribution in [0, 0.1) is 0 Å². The quantitative estimate of drug-likeness (QED) is 0.300. The maximum atomic E-state index is 11.6. The number of aliphatic carboxylic acids is 1. The molecule has 0 aromatic carbocycles. The Kier molecular flexibility index (Phi) is 16.5. The van der Waals surface area contributed by atoms with Crippen molar-refractivity contribution in [2.24, 2.45) is 5.73 Å². The molecule has 0 saturated carbocycles. The van der Waals surface area contributed by atoms with Gasteiger partial charge in [-0.15, -0.1) is 0 Å². The number of unbranched alkanes of at least 4 members (excludes halogenated alkanes) is 6. The van der Waals surface area contributed by atoms with E-state index in [1.54, 1.807) is 0 Å². The minimum absolute atomic E-state index is 0. The molecule has 0 aliphatic carbocycles. The van der Waals surface area contributed by atoms with Gasteiger partial charge in [0, 0.05) is 12.8 Å². The zero-order valence-electron chi connectivity index (χ0n) is 14.9. The third-order valence-corrected chi connectivity index (χ3v) is 3.32. The fraction of sp³-hybridized carbons (Fsp3) is 0.800. The smallest absolute Gasteiger partial charge is 1.00 e. The Morgan fingerprint density at radius 3 is 2.09 bits per heavy atom. The molecule has 0 radical (unpaired) electrons. The predicted molar refractivity (Wildman–Crippen MR) is 81.7 cm³/mol. The van der Waals surface area contributed by atoms with Crippen LogP contribution in [-0.4, -0.2) is 28.9 Å². The van der Waals surface area contributed by atoms with Crippen LogP contribution in [0.2, 0.25) is 0 Å². The second kappa shape index (κ2) is 15.3. The number of carboxylic acid groups (broad SMARTS) is 1. The Balaban J connectivity index is -0.00000200. The summed E-state index contributed by atoms with van der Waals surface area (Å²) in [7, 11) is 0. The van der Waals surface area contributed by atoms with Crippen LogP contribution in [0.4, 0.5) is 0 Å². The topological polar surface area (TPSA) is 109 Å². The van der Waals surface area contributed by atoms with Gasteiger partial charge >= 0.3 is 35.5 Å². The van der Waals surface area contributed by atoms with E-state index < -0.39 is 17.9 Å². The largest absolute Gasteiger partial charge is 1.00 e. The molecule has 6 nitrogen and oxygen atoms in total. The van der Waals surface area contributed by atoms with Gasteiger partial charge in [-0.05, 0) is 12.8 Å². The first-order valence-corrected chi connectivity index (χ1v) is 7.77. The van der Waals surface area contributed by atoms with Crippen LogP contribution in [-0.2, 0) is 14.4 Å². The van der Waals surface area contributed by atoms with E-state index in [2.05, 4.69) is 12.2 Å². The Morgan fingerprint density at radius 2 is 1.59 bits per heavy atom. The summed E-state index contributed by atoms with van der Waals surface area (Å²) in [5, 5.41) is 11.4. The molecule has 0 aromatic heterocycles. The van der Waals surface area contributed by atoms with Gasteiger partial charge in [-0.25, -0.2) is 4.79 Å². The van der Waals surface area contributed by atoms with Crippen molar-refractivity contribution in [3.05, 3.63) is 0 Å². The normalized spacial score (nSPS) is 11.3. The molecule has 22 heavy (non-hydrogen) atoms. The van der Waals surface area contributed by atoms with E-state index in [9.17, 15) is 14.4 Å². The van der Waals surface area contributed by atoms with E-state index in [1.807, 2.05) is 0 Å². The minimum atomic E-state index is -1.14. The van der Waals surface area contributed by atoms with Crippen molar-refractivity contribution in [3.63, 3.8) is 0 Å². The molecule has 0 aromatic rings. The molecular weight excluding hydrogens is 295 g/mol. The van der Waals surface area contributed by atoms with E-state index in [0.29, 0.717) is 6.42 Å². The molecule has 0 saturated heterocycles. The van der Waals surface area contributed by atoms with E-state index >= 15 is 0 Å². The fourth-order valence-electron chi connectivity index (χ4n) is 2.05. The van der Waals surface area contributed by atoms with Crippen LogP contribution in [0.1, 0.15) is 72.6 Å². The molecule has 0 bridgehead atoms. The maximum Gasteiger partial charge on any atom is 1.00 e. The standard InChI is InChI=1S/C15H28N2O4.Na.H/c1-2-3-4-5-6-7-8-9-14(19)17-12(15(20)21)10-11-13(16)18;;/h12H,2-11H2,1H3,(H2,16,18)(H,17,19)(H,20,21);;/q;+1;-1. The summed E-state index contributed by atoms with van der Waals surface area (Å²) >= 11 is 0. The first kappa shape index (κ1) is 23.7. The molecule has 0 rings (SSSR count). The number of hydrogen-bond acceptors (Lipinski definition) is 3. The summed E-state index contributed by atoms with van der Waals surface area (Å²) in [5.41, 5.74) is 4.98. The summed E-state index contributed by atoms with van der Waals surface area (Å²) in [6, 6.07) is -1.03. The number of carbonyl (C=O) groups excluding carboxylic acids is 2. The molecule has 7 heteroatoms. The van der Waals surface area contributed by atoms with Crippen LogP contribution in [0.15, 0.2) is 0 Å². The summed E-state index contributed by atoms with van der Waals surface area (Å²) in [6.07, 6.45) is 8.05. The average Bonchev–Trinajstić information content (AvgIpc) is 2.41. The number of primary amides is 1. The van der Waals surface area contributed by atoms with Gasteiger partial charge in [-0.3, -0.25) is 9.59 Å². The number of nitrogens with one attached hydrogen (secondary N) is 1. The number of rotatable bonds is 13. The van der Waals surface area contributed by atoms with Gasteiger partial charge in [0.05, 0.1) is 0 Å². The Hall–Kier alpha value is -0.590. The van der Waals surface area contributed by atoms with Gasteiger partial charge in [0.25, 0.3) is 0 Å². The molecule has 0 spiro atoms. The van der Waals surface area contributed by atoms with Crippen molar-refractivity contribution >= 4 is 17.8 Å². The zero-order valence-corrected chi connectivity index (χ0v) is 15.9. The van der Waals surface area contributed by atoms with Gasteiger partial charge in [-0.2, -0.15) is 0 Å². The number of amides is 2. The second-order valence-corrected chi connectivity index (χ2v) is 5.33. The molecule has 0 heterocycles. The van der Waals surface area contributed by atoms with Gasteiger partial charge in [0.2, 0.25) is 11.8 Å². The fourth-order valence-corrected chi connectivity index (χ4v) is 2.05. The van der Waals surface area contributed by atoms with Crippen LogP contribution in [0.3, 0.4) is 0 Å². The third kappa shape index (κ3) is 14.4. The number of carbonyl (C=O) groups is 3. The SMILES string of the molecule is CCCCCCCCCC(=O)NC(CCC(N)=O)C(=O)O.[H-].[Na+]. The van der Waals surface area contributed by atoms with Gasteiger partial charge in [0.1, 0.15) is 6.04 Å². The summed E-state index contributed by atoms with van der Waals surface area (Å²) in [4.78, 5) is 33.3. The van der Waals surface area contributed by atoms with Crippen LogP contribution in [0.5, 0.6) is 0 Å². The molecule has 0 fully saturated rings. The second-order valence-electron chi connectivity index (χ2n) is 5.33. The van der Waals surface area contributed by atoms with Gasteiger partial charge < -0.3 is 17.6 Å². The van der Waals surface area contributed by atoms with E-state index in [4.69, 9.17) is 10.8 Å². The van der Waals surface area contributed by atoms with Crippen molar-refractivity contribution in [2.75, 3.05) is 0 Å². The van der Waals surface area contributed by atoms with Crippen LogP contribution >= 0.6 is 0 Å². The maximum absolute atomic E-state index is 11.6. The Bertz CT molecular complexity index is 343. The van der Waals surface area contributed by atoms with Crippen molar-refractivity contribution in [1.82, 2.24) is 5.32 Å².